The molecule has 4 rings (SSSR count). The topological polar surface area (TPSA) is 48.9 Å². The van der Waals surface area contributed by atoms with Gasteiger partial charge in [-0.2, -0.15) is 0 Å². The highest BCUT2D eigenvalue weighted by atomic mass is 16.5. The monoisotopic (exact) mass is 366 g/mol. The Labute approximate surface area is 160 Å². The summed E-state index contributed by atoms with van der Waals surface area (Å²) in [7, 11) is 2.09. The molecule has 2 saturated heterocycles. The number of aromatic nitrogens is 1. The van der Waals surface area contributed by atoms with Gasteiger partial charge in [-0.3, -0.25) is 4.79 Å². The molecule has 6 heteroatoms. The molecule has 1 aromatic carbocycles. The molecule has 0 N–H and O–H groups in total. The predicted molar refractivity (Wildman–Crippen MR) is 106 cm³/mol. The third kappa shape index (κ3) is 3.96. The van der Waals surface area contributed by atoms with Gasteiger partial charge in [-0.15, -0.1) is 0 Å². The van der Waals surface area contributed by atoms with Gasteiger partial charge in [0.25, 0.3) is 5.91 Å². The van der Waals surface area contributed by atoms with Crippen LogP contribution < -0.4 is 4.90 Å². The summed E-state index contributed by atoms with van der Waals surface area (Å²) in [6, 6.07) is 14.0. The van der Waals surface area contributed by atoms with Crippen LogP contribution in [-0.4, -0.2) is 80.2 Å². The zero-order chi connectivity index (χ0) is 18.6. The number of rotatable bonds is 3. The lowest BCUT2D eigenvalue weighted by molar-refractivity contribution is 0.0663. The Hall–Kier alpha value is -2.44. The first-order valence-corrected chi connectivity index (χ1v) is 9.59. The zero-order valence-corrected chi connectivity index (χ0v) is 15.8. The number of anilines is 1. The first kappa shape index (κ1) is 17.9. The van der Waals surface area contributed by atoms with E-state index in [1.165, 1.54) is 0 Å². The average molecular weight is 366 g/mol. The van der Waals surface area contributed by atoms with Crippen molar-refractivity contribution in [2.75, 3.05) is 64.4 Å². The summed E-state index contributed by atoms with van der Waals surface area (Å²) in [6.07, 6.45) is 0. The van der Waals surface area contributed by atoms with Gasteiger partial charge in [0, 0.05) is 44.8 Å². The number of piperazine rings is 1. The average Bonchev–Trinajstić information content (AvgIpc) is 2.75. The number of amides is 1. The molecule has 3 heterocycles. The fourth-order valence-electron chi connectivity index (χ4n) is 3.58. The van der Waals surface area contributed by atoms with Crippen molar-refractivity contribution in [1.82, 2.24) is 14.8 Å². The van der Waals surface area contributed by atoms with Crippen molar-refractivity contribution in [3.05, 3.63) is 48.0 Å². The molecular weight excluding hydrogens is 340 g/mol. The summed E-state index contributed by atoms with van der Waals surface area (Å²) < 4.78 is 5.49. The molecule has 0 spiro atoms. The highest BCUT2D eigenvalue weighted by Gasteiger charge is 2.26. The molecule has 142 valence electrons. The molecule has 0 bridgehead atoms. The summed E-state index contributed by atoms with van der Waals surface area (Å²) in [5.41, 5.74) is 2.65. The highest BCUT2D eigenvalue weighted by Crippen LogP contribution is 2.26. The number of ether oxygens (including phenoxy) is 1. The summed E-state index contributed by atoms with van der Waals surface area (Å²) in [4.78, 5) is 24.5. The van der Waals surface area contributed by atoms with Crippen LogP contribution >= 0.6 is 0 Å². The Balaban J connectivity index is 1.68. The van der Waals surface area contributed by atoms with E-state index in [4.69, 9.17) is 9.72 Å². The second kappa shape index (κ2) is 8.06. The van der Waals surface area contributed by atoms with E-state index in [1.807, 2.05) is 47.4 Å². The second-order valence-corrected chi connectivity index (χ2v) is 7.13. The van der Waals surface area contributed by atoms with Crippen LogP contribution in [0.1, 0.15) is 10.4 Å². The number of pyridine rings is 1. The third-order valence-corrected chi connectivity index (χ3v) is 5.28. The first-order valence-electron chi connectivity index (χ1n) is 9.59. The smallest absolute Gasteiger partial charge is 0.257 e. The van der Waals surface area contributed by atoms with Gasteiger partial charge in [0.2, 0.25) is 0 Å². The summed E-state index contributed by atoms with van der Waals surface area (Å²) in [5, 5.41) is 0. The van der Waals surface area contributed by atoms with E-state index >= 15 is 0 Å². The lowest BCUT2D eigenvalue weighted by Crippen LogP contribution is -2.47. The normalized spacial score (nSPS) is 18.6. The maximum atomic E-state index is 13.2. The molecule has 0 saturated carbocycles. The Morgan fingerprint density at radius 2 is 1.63 bits per heavy atom. The number of likely N-dealkylation sites (N-methyl/N-ethyl adjacent to an activating group) is 1. The van der Waals surface area contributed by atoms with E-state index in [0.29, 0.717) is 18.8 Å². The van der Waals surface area contributed by atoms with Gasteiger partial charge in [0.05, 0.1) is 24.5 Å². The lowest BCUT2D eigenvalue weighted by atomic mass is 10.1. The van der Waals surface area contributed by atoms with Gasteiger partial charge in [-0.25, -0.2) is 4.98 Å². The van der Waals surface area contributed by atoms with Crippen LogP contribution in [-0.2, 0) is 4.74 Å². The Morgan fingerprint density at radius 1 is 0.926 bits per heavy atom. The molecule has 2 aliphatic rings. The maximum Gasteiger partial charge on any atom is 0.257 e. The standard InChI is InChI=1S/C21H26N4O2/c1-23-9-11-25(12-10-23)21(26)18-7-8-19(17-5-3-2-4-6-17)22-20(18)24-13-15-27-16-14-24/h2-8H,9-16H2,1H3. The fraction of sp³-hybridized carbons (Fsp3) is 0.429. The molecule has 0 aliphatic carbocycles. The zero-order valence-electron chi connectivity index (χ0n) is 15.8. The summed E-state index contributed by atoms with van der Waals surface area (Å²) in [5.74, 6) is 0.861. The molecule has 6 nitrogen and oxygen atoms in total. The number of carbonyl (C=O) groups excluding carboxylic acids is 1. The Bertz CT molecular complexity index is 782. The summed E-state index contributed by atoms with van der Waals surface area (Å²) >= 11 is 0. The van der Waals surface area contributed by atoms with E-state index in [-0.39, 0.29) is 5.91 Å². The SMILES string of the molecule is CN1CCN(C(=O)c2ccc(-c3ccccc3)nc2N2CCOCC2)CC1. The van der Waals surface area contributed by atoms with Crippen molar-refractivity contribution in [3.8, 4) is 11.3 Å². The predicted octanol–water partition coefficient (Wildman–Crippen LogP) is 1.97. The van der Waals surface area contributed by atoms with Crippen LogP contribution in [0, 0.1) is 0 Å². The van der Waals surface area contributed by atoms with Crippen LogP contribution in [0.25, 0.3) is 11.3 Å². The number of nitrogens with zero attached hydrogens (tertiary/aromatic N) is 4. The molecule has 27 heavy (non-hydrogen) atoms. The third-order valence-electron chi connectivity index (χ3n) is 5.28. The maximum absolute atomic E-state index is 13.2. The molecule has 0 radical (unpaired) electrons. The second-order valence-electron chi connectivity index (χ2n) is 7.13. The largest absolute Gasteiger partial charge is 0.378 e. The van der Waals surface area contributed by atoms with E-state index in [9.17, 15) is 4.79 Å². The number of carbonyl (C=O) groups is 1. The minimum Gasteiger partial charge on any atom is -0.378 e. The van der Waals surface area contributed by atoms with E-state index in [1.54, 1.807) is 0 Å². The van der Waals surface area contributed by atoms with Gasteiger partial charge in [-0.05, 0) is 19.2 Å². The Kier molecular flexibility index (Phi) is 5.36. The van der Waals surface area contributed by atoms with Gasteiger partial charge in [0.15, 0.2) is 0 Å². The minimum absolute atomic E-state index is 0.0803. The number of hydrogen-bond donors (Lipinski definition) is 0. The highest BCUT2D eigenvalue weighted by molar-refractivity contribution is 5.99. The van der Waals surface area contributed by atoms with Crippen molar-refractivity contribution < 1.29 is 9.53 Å². The van der Waals surface area contributed by atoms with Gasteiger partial charge >= 0.3 is 0 Å². The molecular formula is C21H26N4O2. The van der Waals surface area contributed by atoms with Crippen molar-refractivity contribution in [1.29, 1.82) is 0 Å². The lowest BCUT2D eigenvalue weighted by Gasteiger charge is -2.34. The van der Waals surface area contributed by atoms with Crippen LogP contribution in [0.2, 0.25) is 0 Å². The van der Waals surface area contributed by atoms with E-state index in [0.717, 1.165) is 56.3 Å². The van der Waals surface area contributed by atoms with E-state index in [2.05, 4.69) is 16.8 Å². The van der Waals surface area contributed by atoms with Crippen molar-refractivity contribution >= 4 is 11.7 Å². The van der Waals surface area contributed by atoms with Crippen molar-refractivity contribution in [2.24, 2.45) is 0 Å². The van der Waals surface area contributed by atoms with Crippen LogP contribution in [0.3, 0.4) is 0 Å². The molecule has 1 amide bonds. The van der Waals surface area contributed by atoms with E-state index < -0.39 is 0 Å². The molecule has 2 aromatic rings. The molecule has 0 unspecified atom stereocenters. The summed E-state index contributed by atoms with van der Waals surface area (Å²) in [6.45, 7) is 6.19. The fourth-order valence-corrected chi connectivity index (χ4v) is 3.58. The number of benzene rings is 1. The van der Waals surface area contributed by atoms with Gasteiger partial charge in [0.1, 0.15) is 5.82 Å². The number of hydrogen-bond acceptors (Lipinski definition) is 5. The first-order chi connectivity index (χ1) is 13.2. The van der Waals surface area contributed by atoms with Crippen molar-refractivity contribution in [2.45, 2.75) is 0 Å². The van der Waals surface area contributed by atoms with Crippen LogP contribution in [0.5, 0.6) is 0 Å². The van der Waals surface area contributed by atoms with Crippen LogP contribution in [0.15, 0.2) is 42.5 Å². The quantitative estimate of drug-likeness (QED) is 0.831. The molecule has 2 aliphatic heterocycles. The van der Waals surface area contributed by atoms with Gasteiger partial charge in [-0.1, -0.05) is 30.3 Å². The molecule has 1 aromatic heterocycles. The van der Waals surface area contributed by atoms with Crippen molar-refractivity contribution in [3.63, 3.8) is 0 Å². The minimum atomic E-state index is 0.0803. The van der Waals surface area contributed by atoms with Crippen LogP contribution in [0.4, 0.5) is 5.82 Å². The number of morpholine rings is 1. The van der Waals surface area contributed by atoms with Gasteiger partial charge < -0.3 is 19.4 Å². The Morgan fingerprint density at radius 3 is 2.33 bits per heavy atom. The molecule has 0 atom stereocenters. The molecule has 2 fully saturated rings.